The number of carbonyl (C=O) groups excluding carboxylic acids is 1. The van der Waals surface area contributed by atoms with Gasteiger partial charge in [-0.2, -0.15) is 0 Å². The number of nitrogens with zero attached hydrogens (tertiary/aromatic N) is 3. The Morgan fingerprint density at radius 3 is 2.74 bits per heavy atom. The maximum Gasteiger partial charge on any atom is 0.273 e. The summed E-state index contributed by atoms with van der Waals surface area (Å²) >= 11 is 0. The predicted octanol–water partition coefficient (Wildman–Crippen LogP) is 3.07. The molecule has 120 valence electrons. The summed E-state index contributed by atoms with van der Waals surface area (Å²) < 4.78 is 1.93. The van der Waals surface area contributed by atoms with Crippen LogP contribution in [-0.4, -0.2) is 26.8 Å². The van der Waals surface area contributed by atoms with E-state index >= 15 is 0 Å². The fourth-order valence-corrected chi connectivity index (χ4v) is 2.35. The summed E-state index contributed by atoms with van der Waals surface area (Å²) in [6.07, 6.45) is 3.55. The van der Waals surface area contributed by atoms with Crippen molar-refractivity contribution < 1.29 is 9.72 Å². The summed E-state index contributed by atoms with van der Waals surface area (Å²) in [4.78, 5) is 24.9. The molecule has 6 heteroatoms. The fraction of sp³-hybridized carbons (Fsp3) is 0.235. The molecule has 2 aromatic rings. The third kappa shape index (κ3) is 3.66. The van der Waals surface area contributed by atoms with E-state index in [-0.39, 0.29) is 11.6 Å². The summed E-state index contributed by atoms with van der Waals surface area (Å²) in [6, 6.07) is 8.38. The van der Waals surface area contributed by atoms with E-state index in [1.54, 1.807) is 30.0 Å². The second kappa shape index (κ2) is 6.91. The van der Waals surface area contributed by atoms with Gasteiger partial charge in [0.25, 0.3) is 11.6 Å². The van der Waals surface area contributed by atoms with Crippen LogP contribution in [0.4, 0.5) is 5.69 Å². The standard InChI is InChI=1S/C17H19N3O3/c1-4-9-19(12-15-6-5-10-18(15)3)17(21)14-8-7-13(2)16(11-14)20(22)23/h4-8,10-11H,1,9,12H2,2-3H3. The zero-order chi connectivity index (χ0) is 17.0. The van der Waals surface area contributed by atoms with Gasteiger partial charge in [-0.25, -0.2) is 0 Å². The molecule has 2 rings (SSSR count). The van der Waals surface area contributed by atoms with E-state index in [1.807, 2.05) is 29.9 Å². The van der Waals surface area contributed by atoms with Gasteiger partial charge in [0.1, 0.15) is 0 Å². The average Bonchev–Trinajstić information content (AvgIpc) is 2.91. The summed E-state index contributed by atoms with van der Waals surface area (Å²) in [5, 5.41) is 11.1. The summed E-state index contributed by atoms with van der Waals surface area (Å²) in [6.45, 7) is 6.11. The van der Waals surface area contributed by atoms with Crippen LogP contribution in [0, 0.1) is 17.0 Å². The molecule has 1 amide bonds. The first-order chi connectivity index (χ1) is 10.9. The van der Waals surface area contributed by atoms with Crippen molar-refractivity contribution in [2.75, 3.05) is 6.54 Å². The number of aryl methyl sites for hydroxylation is 2. The molecule has 0 aliphatic rings. The highest BCUT2D eigenvalue weighted by Crippen LogP contribution is 2.21. The molecule has 23 heavy (non-hydrogen) atoms. The van der Waals surface area contributed by atoms with Crippen molar-refractivity contribution in [1.82, 2.24) is 9.47 Å². The number of aromatic nitrogens is 1. The molecule has 0 N–H and O–H groups in total. The monoisotopic (exact) mass is 313 g/mol. The molecule has 0 atom stereocenters. The van der Waals surface area contributed by atoms with Crippen molar-refractivity contribution in [2.45, 2.75) is 13.5 Å². The van der Waals surface area contributed by atoms with Gasteiger partial charge in [0, 0.05) is 42.7 Å². The Labute approximate surface area is 134 Å². The smallest absolute Gasteiger partial charge is 0.273 e. The minimum absolute atomic E-state index is 0.0479. The number of nitro benzene ring substituents is 1. The van der Waals surface area contributed by atoms with Crippen molar-refractivity contribution in [1.29, 1.82) is 0 Å². The Kier molecular flexibility index (Phi) is 4.95. The normalized spacial score (nSPS) is 10.3. The second-order valence-electron chi connectivity index (χ2n) is 5.34. The molecule has 0 unspecified atom stereocenters. The molecule has 0 aliphatic carbocycles. The highest BCUT2D eigenvalue weighted by molar-refractivity contribution is 5.95. The molecule has 0 spiro atoms. The Morgan fingerprint density at radius 1 is 1.43 bits per heavy atom. The van der Waals surface area contributed by atoms with Crippen molar-refractivity contribution >= 4 is 11.6 Å². The van der Waals surface area contributed by atoms with Gasteiger partial charge in [-0.05, 0) is 25.1 Å². The van der Waals surface area contributed by atoms with Crippen LogP contribution in [0.5, 0.6) is 0 Å². The molecule has 0 bridgehead atoms. The SMILES string of the molecule is C=CCN(Cc1cccn1C)C(=O)c1ccc(C)c([N+](=O)[O-])c1. The van der Waals surface area contributed by atoms with E-state index in [2.05, 4.69) is 6.58 Å². The van der Waals surface area contributed by atoms with E-state index in [0.717, 1.165) is 5.69 Å². The van der Waals surface area contributed by atoms with Gasteiger partial charge in [0.2, 0.25) is 0 Å². The Hall–Kier alpha value is -2.89. The molecule has 0 saturated heterocycles. The van der Waals surface area contributed by atoms with Gasteiger partial charge >= 0.3 is 0 Å². The highest BCUT2D eigenvalue weighted by atomic mass is 16.6. The molecule has 0 aliphatic heterocycles. The van der Waals surface area contributed by atoms with Gasteiger partial charge in [0.15, 0.2) is 0 Å². The third-order valence-electron chi connectivity index (χ3n) is 3.69. The Balaban J connectivity index is 2.31. The molecular weight excluding hydrogens is 294 g/mol. The molecule has 0 radical (unpaired) electrons. The van der Waals surface area contributed by atoms with E-state index in [1.165, 1.54) is 6.07 Å². The van der Waals surface area contributed by atoms with Crippen LogP contribution in [0.1, 0.15) is 21.6 Å². The van der Waals surface area contributed by atoms with Crippen LogP contribution in [0.25, 0.3) is 0 Å². The van der Waals surface area contributed by atoms with Gasteiger partial charge in [0.05, 0.1) is 11.5 Å². The molecule has 1 aromatic carbocycles. The second-order valence-corrected chi connectivity index (χ2v) is 5.34. The highest BCUT2D eigenvalue weighted by Gasteiger charge is 2.20. The lowest BCUT2D eigenvalue weighted by atomic mass is 10.1. The van der Waals surface area contributed by atoms with Gasteiger partial charge in [-0.1, -0.05) is 12.1 Å². The zero-order valence-corrected chi connectivity index (χ0v) is 13.2. The van der Waals surface area contributed by atoms with E-state index in [0.29, 0.717) is 24.2 Å². The predicted molar refractivity (Wildman–Crippen MR) is 88.2 cm³/mol. The fourth-order valence-electron chi connectivity index (χ4n) is 2.35. The lowest BCUT2D eigenvalue weighted by Crippen LogP contribution is -2.31. The summed E-state index contributed by atoms with van der Waals surface area (Å²) in [7, 11) is 1.91. The number of nitro groups is 1. The van der Waals surface area contributed by atoms with E-state index in [4.69, 9.17) is 0 Å². The van der Waals surface area contributed by atoms with Crippen LogP contribution in [0.2, 0.25) is 0 Å². The number of hydrogen-bond donors (Lipinski definition) is 0. The van der Waals surface area contributed by atoms with Crippen LogP contribution in [-0.2, 0) is 13.6 Å². The van der Waals surface area contributed by atoms with Crippen molar-refractivity contribution in [3.05, 3.63) is 76.1 Å². The first-order valence-corrected chi connectivity index (χ1v) is 7.19. The van der Waals surface area contributed by atoms with Crippen LogP contribution in [0.15, 0.2) is 49.2 Å². The number of benzene rings is 1. The molecule has 1 heterocycles. The molecule has 6 nitrogen and oxygen atoms in total. The van der Waals surface area contributed by atoms with Gasteiger partial charge < -0.3 is 9.47 Å². The molecule has 0 fully saturated rings. The van der Waals surface area contributed by atoms with Crippen LogP contribution < -0.4 is 0 Å². The lowest BCUT2D eigenvalue weighted by Gasteiger charge is -2.21. The van der Waals surface area contributed by atoms with E-state index in [9.17, 15) is 14.9 Å². The number of amides is 1. The van der Waals surface area contributed by atoms with Gasteiger partial charge in [-0.15, -0.1) is 6.58 Å². The number of carbonyl (C=O) groups is 1. The van der Waals surface area contributed by atoms with Crippen LogP contribution >= 0.6 is 0 Å². The van der Waals surface area contributed by atoms with E-state index < -0.39 is 4.92 Å². The maximum absolute atomic E-state index is 12.7. The van der Waals surface area contributed by atoms with Gasteiger partial charge in [-0.3, -0.25) is 14.9 Å². The third-order valence-corrected chi connectivity index (χ3v) is 3.69. The largest absolute Gasteiger partial charge is 0.353 e. The van der Waals surface area contributed by atoms with Crippen LogP contribution in [0.3, 0.4) is 0 Å². The summed E-state index contributed by atoms with van der Waals surface area (Å²) in [5.41, 5.74) is 1.76. The maximum atomic E-state index is 12.7. The zero-order valence-electron chi connectivity index (χ0n) is 13.2. The first-order valence-electron chi connectivity index (χ1n) is 7.19. The average molecular weight is 313 g/mol. The number of hydrogen-bond acceptors (Lipinski definition) is 3. The first kappa shape index (κ1) is 16.5. The Morgan fingerprint density at radius 2 is 2.17 bits per heavy atom. The quantitative estimate of drug-likeness (QED) is 0.467. The minimum atomic E-state index is -0.471. The minimum Gasteiger partial charge on any atom is -0.353 e. The molecule has 1 aromatic heterocycles. The summed E-state index contributed by atoms with van der Waals surface area (Å²) in [5.74, 6) is -0.255. The van der Waals surface area contributed by atoms with Crippen molar-refractivity contribution in [2.24, 2.45) is 7.05 Å². The molecular formula is C17H19N3O3. The van der Waals surface area contributed by atoms with Crippen molar-refractivity contribution in [3.8, 4) is 0 Å². The Bertz CT molecular complexity index is 749. The number of rotatable bonds is 6. The lowest BCUT2D eigenvalue weighted by molar-refractivity contribution is -0.385. The molecule has 0 saturated carbocycles. The topological polar surface area (TPSA) is 68.4 Å². The van der Waals surface area contributed by atoms with Crippen molar-refractivity contribution in [3.63, 3.8) is 0 Å².